The molecule has 1 atom stereocenters. The highest BCUT2D eigenvalue weighted by Crippen LogP contribution is 2.28. The molecule has 0 aliphatic carbocycles. The Morgan fingerprint density at radius 1 is 1.37 bits per heavy atom. The monoisotopic (exact) mass is 265 g/mol. The van der Waals surface area contributed by atoms with E-state index in [1.54, 1.807) is 19.5 Å². The molecule has 2 heterocycles. The third-order valence-corrected chi connectivity index (χ3v) is 3.21. The van der Waals surface area contributed by atoms with E-state index < -0.39 is 0 Å². The molecule has 0 aromatic carbocycles. The van der Waals surface area contributed by atoms with E-state index in [2.05, 4.69) is 14.9 Å². The first-order valence-electron chi connectivity index (χ1n) is 6.92. The van der Waals surface area contributed by atoms with Crippen LogP contribution in [0.25, 0.3) is 0 Å². The number of methoxy groups -OCH3 is 1. The minimum absolute atomic E-state index is 0.106. The normalized spacial score (nSPS) is 19.8. The molecule has 0 amide bonds. The minimum atomic E-state index is 0.106. The smallest absolute Gasteiger partial charge is 0.257 e. The topological polar surface area (TPSA) is 47.5 Å². The van der Waals surface area contributed by atoms with Gasteiger partial charge in [-0.15, -0.1) is 0 Å². The molecule has 106 valence electrons. The fourth-order valence-electron chi connectivity index (χ4n) is 2.47. The van der Waals surface area contributed by atoms with E-state index in [-0.39, 0.29) is 6.10 Å². The van der Waals surface area contributed by atoms with Gasteiger partial charge in [0.15, 0.2) is 5.82 Å². The number of ether oxygens (including phenoxy) is 2. The summed E-state index contributed by atoms with van der Waals surface area (Å²) in [6, 6.07) is 0. The van der Waals surface area contributed by atoms with Gasteiger partial charge in [0.2, 0.25) is 0 Å². The summed E-state index contributed by atoms with van der Waals surface area (Å²) < 4.78 is 11.0. The highest BCUT2D eigenvalue weighted by Gasteiger charge is 2.24. The predicted molar refractivity (Wildman–Crippen MR) is 74.6 cm³/mol. The Balaban J connectivity index is 2.11. The Kier molecular flexibility index (Phi) is 4.96. The summed E-state index contributed by atoms with van der Waals surface area (Å²) in [5, 5.41) is 0. The fraction of sp³-hybridized carbons (Fsp3) is 0.714. The van der Waals surface area contributed by atoms with Crippen LogP contribution in [0, 0.1) is 5.92 Å². The van der Waals surface area contributed by atoms with Crippen LogP contribution in [0.15, 0.2) is 12.4 Å². The number of aromatic nitrogens is 2. The van der Waals surface area contributed by atoms with E-state index in [4.69, 9.17) is 9.47 Å². The van der Waals surface area contributed by atoms with Crippen molar-refractivity contribution in [2.75, 3.05) is 31.7 Å². The summed E-state index contributed by atoms with van der Waals surface area (Å²) >= 11 is 0. The quantitative estimate of drug-likeness (QED) is 0.816. The number of piperidine rings is 1. The van der Waals surface area contributed by atoms with Gasteiger partial charge in [0, 0.05) is 32.6 Å². The standard InChI is InChI=1S/C14H23N3O2/c1-11(2)19-14-13(15-6-7-16-14)17-8-4-5-12(9-17)10-18-3/h6-7,11-12H,4-5,8-10H2,1-3H3. The highest BCUT2D eigenvalue weighted by molar-refractivity contribution is 5.48. The Labute approximate surface area is 115 Å². The maximum absolute atomic E-state index is 5.75. The molecule has 5 heteroatoms. The van der Waals surface area contributed by atoms with Crippen molar-refractivity contribution in [3.8, 4) is 5.88 Å². The largest absolute Gasteiger partial charge is 0.472 e. The molecule has 1 aliphatic heterocycles. The number of rotatable bonds is 5. The lowest BCUT2D eigenvalue weighted by Crippen LogP contribution is -2.38. The zero-order valence-corrected chi connectivity index (χ0v) is 12.0. The lowest BCUT2D eigenvalue weighted by atomic mass is 9.99. The first-order chi connectivity index (χ1) is 9.20. The maximum atomic E-state index is 5.75. The van der Waals surface area contributed by atoms with E-state index in [9.17, 15) is 0 Å². The van der Waals surface area contributed by atoms with Gasteiger partial charge in [0.25, 0.3) is 5.88 Å². The molecule has 2 rings (SSSR count). The summed E-state index contributed by atoms with van der Waals surface area (Å²) in [6.07, 6.45) is 5.88. The molecule has 0 N–H and O–H groups in total. The number of anilines is 1. The van der Waals surface area contributed by atoms with Crippen molar-refractivity contribution in [1.29, 1.82) is 0 Å². The molecular weight excluding hydrogens is 242 g/mol. The Bertz CT molecular complexity index is 396. The molecule has 0 bridgehead atoms. The van der Waals surface area contributed by atoms with E-state index >= 15 is 0 Å². The van der Waals surface area contributed by atoms with Crippen molar-refractivity contribution < 1.29 is 9.47 Å². The second-order valence-electron chi connectivity index (χ2n) is 5.26. The first kappa shape index (κ1) is 14.1. The van der Waals surface area contributed by atoms with Crippen molar-refractivity contribution in [1.82, 2.24) is 9.97 Å². The minimum Gasteiger partial charge on any atom is -0.472 e. The molecule has 1 aromatic heterocycles. The van der Waals surface area contributed by atoms with E-state index in [0.717, 1.165) is 31.9 Å². The van der Waals surface area contributed by atoms with Crippen molar-refractivity contribution in [2.45, 2.75) is 32.8 Å². The third kappa shape index (κ3) is 3.80. The summed E-state index contributed by atoms with van der Waals surface area (Å²) in [7, 11) is 1.76. The molecule has 1 aliphatic rings. The second-order valence-corrected chi connectivity index (χ2v) is 5.26. The van der Waals surface area contributed by atoms with Crippen molar-refractivity contribution in [2.24, 2.45) is 5.92 Å². The van der Waals surface area contributed by atoms with Crippen LogP contribution in [-0.2, 0) is 4.74 Å². The van der Waals surface area contributed by atoms with Crippen molar-refractivity contribution in [3.63, 3.8) is 0 Å². The average molecular weight is 265 g/mol. The van der Waals surface area contributed by atoms with E-state index in [1.165, 1.54) is 6.42 Å². The zero-order chi connectivity index (χ0) is 13.7. The van der Waals surface area contributed by atoms with Gasteiger partial charge in [-0.05, 0) is 32.6 Å². The van der Waals surface area contributed by atoms with Gasteiger partial charge in [0.1, 0.15) is 0 Å². The number of hydrogen-bond donors (Lipinski definition) is 0. The molecule has 1 saturated heterocycles. The number of hydrogen-bond acceptors (Lipinski definition) is 5. The SMILES string of the molecule is COCC1CCCN(c2nccnc2OC(C)C)C1. The maximum Gasteiger partial charge on any atom is 0.257 e. The molecule has 0 radical (unpaired) electrons. The van der Waals surface area contributed by atoms with Crippen LogP contribution in [0.2, 0.25) is 0 Å². The van der Waals surface area contributed by atoms with Gasteiger partial charge >= 0.3 is 0 Å². The Morgan fingerprint density at radius 2 is 2.16 bits per heavy atom. The average Bonchev–Trinajstić information content (AvgIpc) is 2.39. The molecule has 0 spiro atoms. The molecule has 0 saturated carbocycles. The molecule has 5 nitrogen and oxygen atoms in total. The molecular formula is C14H23N3O2. The van der Waals surface area contributed by atoms with Gasteiger partial charge in [0.05, 0.1) is 12.7 Å². The number of nitrogens with zero attached hydrogens (tertiary/aromatic N) is 3. The highest BCUT2D eigenvalue weighted by atomic mass is 16.5. The lowest BCUT2D eigenvalue weighted by Gasteiger charge is -2.33. The third-order valence-electron chi connectivity index (χ3n) is 3.21. The molecule has 1 unspecified atom stereocenters. The van der Waals surface area contributed by atoms with Crippen LogP contribution in [0.3, 0.4) is 0 Å². The molecule has 19 heavy (non-hydrogen) atoms. The molecule has 1 fully saturated rings. The summed E-state index contributed by atoms with van der Waals surface area (Å²) in [6.45, 7) is 6.77. The van der Waals surface area contributed by atoms with Gasteiger partial charge < -0.3 is 14.4 Å². The van der Waals surface area contributed by atoms with Crippen LogP contribution in [0.1, 0.15) is 26.7 Å². The second kappa shape index (κ2) is 6.70. The van der Waals surface area contributed by atoms with Gasteiger partial charge in [-0.1, -0.05) is 0 Å². The summed E-state index contributed by atoms with van der Waals surface area (Å²) in [5.41, 5.74) is 0. The van der Waals surface area contributed by atoms with Crippen LogP contribution in [0.4, 0.5) is 5.82 Å². The van der Waals surface area contributed by atoms with E-state index in [0.29, 0.717) is 11.8 Å². The first-order valence-corrected chi connectivity index (χ1v) is 6.92. The summed E-state index contributed by atoms with van der Waals surface area (Å²) in [5.74, 6) is 2.06. The van der Waals surface area contributed by atoms with E-state index in [1.807, 2.05) is 13.8 Å². The Morgan fingerprint density at radius 3 is 2.89 bits per heavy atom. The zero-order valence-electron chi connectivity index (χ0n) is 12.0. The van der Waals surface area contributed by atoms with Crippen LogP contribution in [0.5, 0.6) is 5.88 Å². The van der Waals surface area contributed by atoms with Crippen LogP contribution in [-0.4, -0.2) is 42.9 Å². The predicted octanol–water partition coefficient (Wildman–Crippen LogP) is 2.13. The van der Waals surface area contributed by atoms with Gasteiger partial charge in [-0.3, -0.25) is 0 Å². The summed E-state index contributed by atoms with van der Waals surface area (Å²) in [4.78, 5) is 11.0. The van der Waals surface area contributed by atoms with Crippen LogP contribution >= 0.6 is 0 Å². The fourth-order valence-corrected chi connectivity index (χ4v) is 2.47. The molecule has 1 aromatic rings. The lowest BCUT2D eigenvalue weighted by molar-refractivity contribution is 0.142. The van der Waals surface area contributed by atoms with Crippen molar-refractivity contribution in [3.05, 3.63) is 12.4 Å². The van der Waals surface area contributed by atoms with Gasteiger partial charge in [-0.2, -0.15) is 0 Å². The van der Waals surface area contributed by atoms with Crippen molar-refractivity contribution >= 4 is 5.82 Å². The van der Waals surface area contributed by atoms with Crippen LogP contribution < -0.4 is 9.64 Å². The Hall–Kier alpha value is -1.36. The van der Waals surface area contributed by atoms with Gasteiger partial charge in [-0.25, -0.2) is 9.97 Å².